The highest BCUT2D eigenvalue weighted by molar-refractivity contribution is 7.92. The number of aromatic nitrogens is 1. The van der Waals surface area contributed by atoms with Crippen molar-refractivity contribution in [1.82, 2.24) is 4.98 Å². The first-order valence-electron chi connectivity index (χ1n) is 4.16. The summed E-state index contributed by atoms with van der Waals surface area (Å²) in [5.41, 5.74) is 0.661. The molecule has 1 heterocycles. The number of rotatable bonds is 2. The van der Waals surface area contributed by atoms with Gasteiger partial charge >= 0.3 is 0 Å². The highest BCUT2D eigenvalue weighted by Crippen LogP contribution is 2.43. The van der Waals surface area contributed by atoms with Crippen LogP contribution in [0, 0.1) is 6.92 Å². The van der Waals surface area contributed by atoms with E-state index in [0.29, 0.717) is 15.8 Å². The standard InChI is InChI=1S/C8H11NO2S2/c1-5-8(13(2,10)11)12-7(9-5)6-3-4-6/h6H,3-4H2,1-2H3. The summed E-state index contributed by atoms with van der Waals surface area (Å²) in [5.74, 6) is 0.541. The van der Waals surface area contributed by atoms with Crippen LogP contribution in [0.15, 0.2) is 4.21 Å². The molecule has 0 amide bonds. The van der Waals surface area contributed by atoms with Gasteiger partial charge in [0.1, 0.15) is 4.21 Å². The molecule has 13 heavy (non-hydrogen) atoms. The number of nitrogens with zero attached hydrogens (tertiary/aromatic N) is 1. The summed E-state index contributed by atoms with van der Waals surface area (Å²) >= 11 is 1.34. The van der Waals surface area contributed by atoms with E-state index in [1.807, 2.05) is 0 Å². The topological polar surface area (TPSA) is 47.0 Å². The van der Waals surface area contributed by atoms with Crippen molar-refractivity contribution >= 4 is 21.2 Å². The van der Waals surface area contributed by atoms with Crippen molar-refractivity contribution in [2.45, 2.75) is 29.9 Å². The van der Waals surface area contributed by atoms with Gasteiger partial charge < -0.3 is 0 Å². The van der Waals surface area contributed by atoms with Crippen LogP contribution in [0.4, 0.5) is 0 Å². The minimum absolute atomic E-state index is 0.439. The van der Waals surface area contributed by atoms with Gasteiger partial charge in [-0.05, 0) is 19.8 Å². The van der Waals surface area contributed by atoms with Gasteiger partial charge in [-0.3, -0.25) is 0 Å². The molecule has 0 radical (unpaired) electrons. The van der Waals surface area contributed by atoms with Crippen LogP contribution in [0.3, 0.4) is 0 Å². The van der Waals surface area contributed by atoms with Crippen LogP contribution < -0.4 is 0 Å². The minimum atomic E-state index is -3.06. The Bertz CT molecular complexity index is 429. The average molecular weight is 217 g/mol. The number of sulfone groups is 1. The maximum atomic E-state index is 11.3. The molecule has 3 nitrogen and oxygen atoms in total. The molecule has 1 aromatic rings. The lowest BCUT2D eigenvalue weighted by Gasteiger charge is -1.90. The van der Waals surface area contributed by atoms with Crippen LogP contribution in [0.5, 0.6) is 0 Å². The van der Waals surface area contributed by atoms with Gasteiger partial charge in [-0.25, -0.2) is 13.4 Å². The summed E-state index contributed by atoms with van der Waals surface area (Å²) < 4.78 is 23.0. The maximum absolute atomic E-state index is 11.3. The number of hydrogen-bond donors (Lipinski definition) is 0. The van der Waals surface area contributed by atoms with Gasteiger partial charge in [-0.1, -0.05) is 0 Å². The normalized spacial score (nSPS) is 17.7. The van der Waals surface area contributed by atoms with E-state index >= 15 is 0 Å². The smallest absolute Gasteiger partial charge is 0.186 e. The van der Waals surface area contributed by atoms with Crippen LogP contribution in [0.1, 0.15) is 29.5 Å². The molecule has 0 atom stereocenters. The van der Waals surface area contributed by atoms with Gasteiger partial charge in [-0.2, -0.15) is 0 Å². The van der Waals surface area contributed by atoms with Crippen molar-refractivity contribution < 1.29 is 8.42 Å². The van der Waals surface area contributed by atoms with Crippen LogP contribution in [0.2, 0.25) is 0 Å². The molecule has 1 fully saturated rings. The fraction of sp³-hybridized carbons (Fsp3) is 0.625. The fourth-order valence-electron chi connectivity index (χ4n) is 1.25. The number of thiazole rings is 1. The molecule has 1 aliphatic rings. The summed E-state index contributed by atoms with van der Waals surface area (Å²) in [6.07, 6.45) is 3.57. The van der Waals surface area contributed by atoms with E-state index in [0.717, 1.165) is 17.8 Å². The van der Waals surface area contributed by atoms with Crippen LogP contribution in [-0.2, 0) is 9.84 Å². The highest BCUT2D eigenvalue weighted by atomic mass is 32.2. The Morgan fingerprint density at radius 3 is 2.46 bits per heavy atom. The Balaban J connectivity index is 2.47. The molecule has 0 unspecified atom stereocenters. The van der Waals surface area contributed by atoms with E-state index in [1.165, 1.54) is 17.6 Å². The molecule has 0 bridgehead atoms. The zero-order valence-corrected chi connectivity index (χ0v) is 9.20. The molecule has 1 aliphatic carbocycles. The van der Waals surface area contributed by atoms with Crippen LogP contribution >= 0.6 is 11.3 Å². The summed E-state index contributed by atoms with van der Waals surface area (Å²) in [7, 11) is -3.06. The zero-order chi connectivity index (χ0) is 9.64. The first-order chi connectivity index (χ1) is 5.98. The first kappa shape index (κ1) is 9.15. The van der Waals surface area contributed by atoms with Crippen molar-refractivity contribution in [3.05, 3.63) is 10.7 Å². The zero-order valence-electron chi connectivity index (χ0n) is 7.57. The molecule has 0 saturated heterocycles. The van der Waals surface area contributed by atoms with Gasteiger partial charge in [0.2, 0.25) is 0 Å². The molecule has 1 aromatic heterocycles. The highest BCUT2D eigenvalue weighted by Gasteiger charge is 2.29. The molecule has 2 rings (SSSR count). The Labute approximate surface area is 81.7 Å². The van der Waals surface area contributed by atoms with E-state index in [9.17, 15) is 8.42 Å². The predicted molar refractivity (Wildman–Crippen MR) is 51.9 cm³/mol. The van der Waals surface area contributed by atoms with Crippen LogP contribution in [-0.4, -0.2) is 19.7 Å². The lowest BCUT2D eigenvalue weighted by atomic mass is 10.4. The predicted octanol–water partition coefficient (Wildman–Crippen LogP) is 1.73. The molecule has 0 spiro atoms. The van der Waals surface area contributed by atoms with Gasteiger partial charge in [0.15, 0.2) is 9.84 Å². The third kappa shape index (κ3) is 1.76. The second-order valence-corrected chi connectivity index (χ2v) is 6.71. The Morgan fingerprint density at radius 1 is 1.46 bits per heavy atom. The number of aryl methyl sites for hydroxylation is 1. The van der Waals surface area contributed by atoms with E-state index < -0.39 is 9.84 Å². The fourth-order valence-corrected chi connectivity index (χ4v) is 3.66. The molecule has 0 aromatic carbocycles. The Morgan fingerprint density at radius 2 is 2.08 bits per heavy atom. The summed E-state index contributed by atoms with van der Waals surface area (Å²) in [5, 5.41) is 0.998. The maximum Gasteiger partial charge on any atom is 0.186 e. The van der Waals surface area contributed by atoms with Crippen molar-refractivity contribution in [2.24, 2.45) is 0 Å². The molecule has 5 heteroatoms. The monoisotopic (exact) mass is 217 g/mol. The van der Waals surface area contributed by atoms with Gasteiger partial charge in [0.05, 0.1) is 10.7 Å². The van der Waals surface area contributed by atoms with Crippen molar-refractivity contribution in [3.63, 3.8) is 0 Å². The molecular weight excluding hydrogens is 206 g/mol. The lowest BCUT2D eigenvalue weighted by Crippen LogP contribution is -1.95. The van der Waals surface area contributed by atoms with Crippen molar-refractivity contribution in [2.75, 3.05) is 6.26 Å². The SMILES string of the molecule is Cc1nc(C2CC2)sc1S(C)(=O)=O. The minimum Gasteiger partial charge on any atom is -0.245 e. The second-order valence-electron chi connectivity index (χ2n) is 3.47. The van der Waals surface area contributed by atoms with E-state index in [2.05, 4.69) is 4.98 Å². The van der Waals surface area contributed by atoms with Gasteiger partial charge in [-0.15, -0.1) is 11.3 Å². The molecule has 1 saturated carbocycles. The Kier molecular flexibility index (Phi) is 1.96. The van der Waals surface area contributed by atoms with E-state index in [-0.39, 0.29) is 0 Å². The Hall–Kier alpha value is -0.420. The molecule has 72 valence electrons. The quantitative estimate of drug-likeness (QED) is 0.758. The third-order valence-corrected chi connectivity index (χ3v) is 5.28. The van der Waals surface area contributed by atoms with Crippen molar-refractivity contribution in [3.8, 4) is 0 Å². The van der Waals surface area contributed by atoms with Crippen LogP contribution in [0.25, 0.3) is 0 Å². The average Bonchev–Trinajstić information content (AvgIpc) is 2.73. The third-order valence-electron chi connectivity index (χ3n) is 2.03. The van der Waals surface area contributed by atoms with E-state index in [4.69, 9.17) is 0 Å². The van der Waals surface area contributed by atoms with E-state index in [1.54, 1.807) is 6.92 Å². The van der Waals surface area contributed by atoms with Gasteiger partial charge in [0.25, 0.3) is 0 Å². The summed E-state index contributed by atoms with van der Waals surface area (Å²) in [4.78, 5) is 4.28. The second kappa shape index (κ2) is 2.78. The van der Waals surface area contributed by atoms with Gasteiger partial charge in [0, 0.05) is 12.2 Å². The molecular formula is C8H11NO2S2. The number of hydrogen-bond acceptors (Lipinski definition) is 4. The molecule has 0 N–H and O–H groups in total. The largest absolute Gasteiger partial charge is 0.245 e. The summed E-state index contributed by atoms with van der Waals surface area (Å²) in [6, 6.07) is 0. The lowest BCUT2D eigenvalue weighted by molar-refractivity contribution is 0.603. The first-order valence-corrected chi connectivity index (χ1v) is 6.86. The van der Waals surface area contributed by atoms with Crippen molar-refractivity contribution in [1.29, 1.82) is 0 Å². The molecule has 0 aliphatic heterocycles. The summed E-state index contributed by atoms with van der Waals surface area (Å²) in [6.45, 7) is 1.76.